The van der Waals surface area contributed by atoms with E-state index in [9.17, 15) is 18.4 Å². The van der Waals surface area contributed by atoms with E-state index >= 15 is 0 Å². The number of halogens is 2. The molecule has 0 saturated carbocycles. The molecule has 0 radical (unpaired) electrons. The molecule has 0 saturated heterocycles. The molecule has 0 spiro atoms. The van der Waals surface area contributed by atoms with Gasteiger partial charge in [-0.05, 0) is 30.0 Å². The summed E-state index contributed by atoms with van der Waals surface area (Å²) in [6.07, 6.45) is 0.290. The first-order valence-electron chi connectivity index (χ1n) is 6.32. The highest BCUT2D eigenvalue weighted by atomic mass is 19.2. The van der Waals surface area contributed by atoms with Crippen LogP contribution in [0.4, 0.5) is 8.78 Å². The Morgan fingerprint density at radius 2 is 1.90 bits per heavy atom. The number of carbonyl (C=O) groups excluding carboxylic acids is 2. The first kappa shape index (κ1) is 16.1. The SMILES string of the molecule is CC(C)C[C@@H](NC(=O)Cc1ccc(F)c(F)c1)C(N)=O. The van der Waals surface area contributed by atoms with Gasteiger partial charge in [0.1, 0.15) is 6.04 Å². The zero-order chi connectivity index (χ0) is 15.3. The van der Waals surface area contributed by atoms with Crippen molar-refractivity contribution in [3.8, 4) is 0 Å². The Morgan fingerprint density at radius 3 is 2.40 bits per heavy atom. The average molecular weight is 284 g/mol. The molecule has 1 aromatic carbocycles. The maximum atomic E-state index is 13.0. The smallest absolute Gasteiger partial charge is 0.240 e. The number of nitrogens with one attached hydrogen (secondary N) is 1. The fourth-order valence-electron chi connectivity index (χ4n) is 1.80. The van der Waals surface area contributed by atoms with Crippen molar-refractivity contribution in [2.45, 2.75) is 32.7 Å². The van der Waals surface area contributed by atoms with Crippen LogP contribution < -0.4 is 11.1 Å². The Labute approximate surface area is 116 Å². The van der Waals surface area contributed by atoms with Crippen molar-refractivity contribution in [3.05, 3.63) is 35.4 Å². The van der Waals surface area contributed by atoms with E-state index in [0.717, 1.165) is 12.1 Å². The Kier molecular flexibility index (Phi) is 5.61. The van der Waals surface area contributed by atoms with Gasteiger partial charge in [0.05, 0.1) is 6.42 Å². The average Bonchev–Trinajstić information content (AvgIpc) is 2.32. The number of hydrogen-bond acceptors (Lipinski definition) is 2. The minimum Gasteiger partial charge on any atom is -0.368 e. The van der Waals surface area contributed by atoms with Crippen LogP contribution in [0.15, 0.2) is 18.2 Å². The first-order valence-corrected chi connectivity index (χ1v) is 6.32. The van der Waals surface area contributed by atoms with Gasteiger partial charge in [0, 0.05) is 0 Å². The van der Waals surface area contributed by atoms with Crippen LogP contribution in [-0.2, 0) is 16.0 Å². The molecule has 0 unspecified atom stereocenters. The number of rotatable bonds is 6. The molecule has 1 aromatic rings. The lowest BCUT2D eigenvalue weighted by Gasteiger charge is -2.17. The van der Waals surface area contributed by atoms with Gasteiger partial charge < -0.3 is 11.1 Å². The molecule has 0 aliphatic rings. The van der Waals surface area contributed by atoms with Crippen LogP contribution in [0.3, 0.4) is 0 Å². The summed E-state index contributed by atoms with van der Waals surface area (Å²) in [5, 5.41) is 2.50. The topological polar surface area (TPSA) is 72.2 Å². The lowest BCUT2D eigenvalue weighted by Crippen LogP contribution is -2.45. The first-order chi connectivity index (χ1) is 9.29. The van der Waals surface area contributed by atoms with Gasteiger partial charge in [-0.15, -0.1) is 0 Å². The predicted octanol–water partition coefficient (Wildman–Crippen LogP) is 1.52. The fourth-order valence-corrected chi connectivity index (χ4v) is 1.80. The van der Waals surface area contributed by atoms with Crippen LogP contribution in [0.5, 0.6) is 0 Å². The second-order valence-electron chi connectivity index (χ2n) is 5.08. The lowest BCUT2D eigenvalue weighted by molar-refractivity contribution is -0.127. The molecule has 0 aromatic heterocycles. The summed E-state index contributed by atoms with van der Waals surface area (Å²) in [6, 6.07) is 2.47. The highest BCUT2D eigenvalue weighted by Crippen LogP contribution is 2.10. The quantitative estimate of drug-likeness (QED) is 0.831. The van der Waals surface area contributed by atoms with Crippen molar-refractivity contribution < 1.29 is 18.4 Å². The van der Waals surface area contributed by atoms with Crippen LogP contribution in [0, 0.1) is 17.6 Å². The molecule has 3 N–H and O–H groups in total. The van der Waals surface area contributed by atoms with Gasteiger partial charge in [-0.1, -0.05) is 19.9 Å². The molecule has 1 atom stereocenters. The number of benzene rings is 1. The van der Waals surface area contributed by atoms with E-state index in [1.54, 1.807) is 0 Å². The van der Waals surface area contributed by atoms with E-state index in [4.69, 9.17) is 5.73 Å². The highest BCUT2D eigenvalue weighted by molar-refractivity contribution is 5.87. The number of carbonyl (C=O) groups is 2. The van der Waals surface area contributed by atoms with Gasteiger partial charge in [-0.3, -0.25) is 9.59 Å². The lowest BCUT2D eigenvalue weighted by atomic mass is 10.0. The number of primary amides is 1. The molecule has 0 bridgehead atoms. The normalized spacial score (nSPS) is 12.2. The number of amides is 2. The van der Waals surface area contributed by atoms with Crippen molar-refractivity contribution in [1.82, 2.24) is 5.32 Å². The van der Waals surface area contributed by atoms with Crippen molar-refractivity contribution >= 4 is 11.8 Å². The van der Waals surface area contributed by atoms with Crippen LogP contribution in [0.2, 0.25) is 0 Å². The summed E-state index contributed by atoms with van der Waals surface area (Å²) in [4.78, 5) is 23.0. The molecule has 0 heterocycles. The number of nitrogens with two attached hydrogens (primary N) is 1. The maximum absolute atomic E-state index is 13.0. The zero-order valence-corrected chi connectivity index (χ0v) is 11.5. The van der Waals surface area contributed by atoms with Gasteiger partial charge in [0.15, 0.2) is 11.6 Å². The molecule has 20 heavy (non-hydrogen) atoms. The van der Waals surface area contributed by atoms with E-state index in [1.165, 1.54) is 6.07 Å². The van der Waals surface area contributed by atoms with Crippen LogP contribution in [0.25, 0.3) is 0 Å². The summed E-state index contributed by atoms with van der Waals surface area (Å²) in [7, 11) is 0. The van der Waals surface area contributed by atoms with Gasteiger partial charge in [0.25, 0.3) is 0 Å². The Hall–Kier alpha value is -1.98. The molecule has 1 rings (SSSR count). The van der Waals surface area contributed by atoms with Crippen molar-refractivity contribution in [2.75, 3.05) is 0 Å². The van der Waals surface area contributed by atoms with Crippen molar-refractivity contribution in [3.63, 3.8) is 0 Å². The van der Waals surface area contributed by atoms with E-state index < -0.39 is 29.5 Å². The van der Waals surface area contributed by atoms with Gasteiger partial charge in [-0.2, -0.15) is 0 Å². The second-order valence-corrected chi connectivity index (χ2v) is 5.08. The van der Waals surface area contributed by atoms with Crippen molar-refractivity contribution in [2.24, 2.45) is 11.7 Å². The molecule has 0 fully saturated rings. The minimum atomic E-state index is -1.01. The second kappa shape index (κ2) is 6.98. The molecule has 0 aliphatic carbocycles. The third kappa shape index (κ3) is 4.95. The predicted molar refractivity (Wildman–Crippen MR) is 70.6 cm³/mol. The molecule has 6 heteroatoms. The van der Waals surface area contributed by atoms with Crippen LogP contribution in [0.1, 0.15) is 25.8 Å². The fraction of sp³-hybridized carbons (Fsp3) is 0.429. The Balaban J connectivity index is 2.65. The van der Waals surface area contributed by atoms with Crippen LogP contribution >= 0.6 is 0 Å². The van der Waals surface area contributed by atoms with E-state index in [-0.39, 0.29) is 12.3 Å². The monoisotopic (exact) mass is 284 g/mol. The molecular formula is C14H18F2N2O2. The van der Waals surface area contributed by atoms with E-state index in [1.807, 2.05) is 13.8 Å². The number of hydrogen-bond donors (Lipinski definition) is 2. The third-order valence-corrected chi connectivity index (χ3v) is 2.73. The van der Waals surface area contributed by atoms with E-state index in [2.05, 4.69) is 5.32 Å². The Morgan fingerprint density at radius 1 is 1.25 bits per heavy atom. The Bertz CT molecular complexity index is 504. The third-order valence-electron chi connectivity index (χ3n) is 2.73. The maximum Gasteiger partial charge on any atom is 0.240 e. The summed E-state index contributed by atoms with van der Waals surface area (Å²) in [5.74, 6) is -2.86. The van der Waals surface area contributed by atoms with Crippen LogP contribution in [-0.4, -0.2) is 17.9 Å². The van der Waals surface area contributed by atoms with Gasteiger partial charge in [0.2, 0.25) is 11.8 Å². The van der Waals surface area contributed by atoms with Gasteiger partial charge >= 0.3 is 0 Å². The van der Waals surface area contributed by atoms with E-state index in [0.29, 0.717) is 12.0 Å². The van der Waals surface area contributed by atoms with Crippen molar-refractivity contribution in [1.29, 1.82) is 0 Å². The highest BCUT2D eigenvalue weighted by Gasteiger charge is 2.19. The summed E-state index contributed by atoms with van der Waals surface area (Å²) >= 11 is 0. The standard InChI is InChI=1S/C14H18F2N2O2/c1-8(2)5-12(14(17)20)18-13(19)7-9-3-4-10(15)11(16)6-9/h3-4,6,8,12H,5,7H2,1-2H3,(H2,17,20)(H,18,19)/t12-/m1/s1. The molecule has 4 nitrogen and oxygen atoms in total. The molecule has 110 valence electrons. The summed E-state index contributed by atoms with van der Waals surface area (Å²) in [5.41, 5.74) is 5.54. The zero-order valence-electron chi connectivity index (χ0n) is 11.5. The van der Waals surface area contributed by atoms with Gasteiger partial charge in [-0.25, -0.2) is 8.78 Å². The molecule has 0 aliphatic heterocycles. The molecule has 2 amide bonds. The summed E-state index contributed by atoms with van der Waals surface area (Å²) in [6.45, 7) is 3.80. The molecular weight excluding hydrogens is 266 g/mol. The largest absolute Gasteiger partial charge is 0.368 e. The summed E-state index contributed by atoms with van der Waals surface area (Å²) < 4.78 is 25.8. The minimum absolute atomic E-state index is 0.140.